The Balaban J connectivity index is 0.896. The molecule has 0 radical (unpaired) electrons. The van der Waals surface area contributed by atoms with Crippen molar-refractivity contribution >= 4 is 44.8 Å². The Morgan fingerprint density at radius 1 is 0.348 bits per heavy atom. The normalized spacial score (nSPS) is 13.7. The lowest BCUT2D eigenvalue weighted by atomic mass is 10.1. The number of amidine groups is 2. The maximum absolute atomic E-state index is 5.30. The van der Waals surface area contributed by atoms with Crippen LogP contribution in [0.2, 0.25) is 0 Å². The highest BCUT2D eigenvalue weighted by Gasteiger charge is 2.24. The zero-order chi connectivity index (χ0) is 45.7. The maximum atomic E-state index is 5.30. The van der Waals surface area contributed by atoms with Crippen LogP contribution in [0.4, 0.5) is 0 Å². The molecule has 0 saturated carbocycles. The third kappa shape index (κ3) is 7.11. The number of benzene rings is 6. The van der Waals surface area contributed by atoms with E-state index in [1.165, 1.54) is 0 Å². The molecule has 12 nitrogen and oxygen atoms in total. The third-order valence-corrected chi connectivity index (χ3v) is 12.5. The summed E-state index contributed by atoms with van der Waals surface area (Å²) in [6.45, 7) is 0. The summed E-state index contributed by atoms with van der Waals surface area (Å²) in [7, 11) is 0. The number of aliphatic imine (C=N–C) groups is 2. The fraction of sp³-hybridized carbons (Fsp3) is 0.0175. The van der Waals surface area contributed by atoms with Gasteiger partial charge in [-0.2, -0.15) is 0 Å². The van der Waals surface area contributed by atoms with Gasteiger partial charge in [0.15, 0.2) is 5.84 Å². The van der Waals surface area contributed by atoms with Crippen LogP contribution in [-0.2, 0) is 0 Å². The van der Waals surface area contributed by atoms with Crippen molar-refractivity contribution in [2.75, 3.05) is 0 Å². The first-order chi connectivity index (χ1) is 34.2. The molecule has 326 valence electrons. The number of pyridine rings is 3. The molecule has 1 atom stereocenters. The van der Waals surface area contributed by atoms with Gasteiger partial charge in [0.25, 0.3) is 0 Å². The monoisotopic (exact) mass is 890 g/mol. The Kier molecular flexibility index (Phi) is 9.56. The SMILES string of the molecule is c1ccc2c(c1)nc(-c1ccncc1)n2-c1ccc(C2=NC(c3ccc(-n4c(-c5ccncc5)nc5ccccc54)cc3)NC(c3ccc(-n4c(-c5ccncc5)nc5ccccc54)cc3)=N2)cc1. The van der Waals surface area contributed by atoms with Gasteiger partial charge in [-0.05, 0) is 139 Å². The molecular weight excluding hydrogens is 853 g/mol. The van der Waals surface area contributed by atoms with Crippen LogP contribution in [-0.4, -0.2) is 55.3 Å². The highest BCUT2D eigenvalue weighted by molar-refractivity contribution is 6.13. The highest BCUT2D eigenvalue weighted by atomic mass is 15.2. The minimum absolute atomic E-state index is 0.452. The number of nitrogens with zero attached hydrogens (tertiary/aromatic N) is 11. The smallest absolute Gasteiger partial charge is 0.159 e. The van der Waals surface area contributed by atoms with Crippen LogP contribution in [0.25, 0.3) is 84.3 Å². The van der Waals surface area contributed by atoms with Crippen molar-refractivity contribution in [2.45, 2.75) is 6.17 Å². The Hall–Kier alpha value is -9.68. The van der Waals surface area contributed by atoms with Crippen molar-refractivity contribution in [3.63, 3.8) is 0 Å². The van der Waals surface area contributed by atoms with Gasteiger partial charge in [0.2, 0.25) is 0 Å². The van der Waals surface area contributed by atoms with E-state index in [1.807, 2.05) is 91.0 Å². The number of hydrogen-bond donors (Lipinski definition) is 1. The summed E-state index contributed by atoms with van der Waals surface area (Å²) < 4.78 is 6.57. The molecule has 0 aliphatic carbocycles. The fourth-order valence-corrected chi connectivity index (χ4v) is 9.18. The van der Waals surface area contributed by atoms with Crippen LogP contribution >= 0.6 is 0 Å². The predicted molar refractivity (Wildman–Crippen MR) is 272 cm³/mol. The lowest BCUT2D eigenvalue weighted by molar-refractivity contribution is 0.674. The first-order valence-electron chi connectivity index (χ1n) is 22.6. The van der Waals surface area contributed by atoms with Gasteiger partial charge >= 0.3 is 0 Å². The minimum Gasteiger partial charge on any atom is -0.344 e. The Bertz CT molecular complexity index is 3890. The van der Waals surface area contributed by atoms with Crippen molar-refractivity contribution in [1.82, 2.24) is 48.9 Å². The summed E-state index contributed by atoms with van der Waals surface area (Å²) in [5.41, 5.74) is 14.4. The van der Waals surface area contributed by atoms with Crippen LogP contribution in [0.1, 0.15) is 22.9 Å². The molecule has 12 heteroatoms. The van der Waals surface area contributed by atoms with Crippen molar-refractivity contribution in [3.8, 4) is 51.2 Å². The maximum Gasteiger partial charge on any atom is 0.159 e. The van der Waals surface area contributed by atoms with Gasteiger partial charge in [-0.15, -0.1) is 0 Å². The van der Waals surface area contributed by atoms with Gasteiger partial charge in [-0.1, -0.05) is 48.5 Å². The molecule has 1 N–H and O–H groups in total. The summed E-state index contributed by atoms with van der Waals surface area (Å²) >= 11 is 0. The lowest BCUT2D eigenvalue weighted by Crippen LogP contribution is -2.33. The Morgan fingerprint density at radius 3 is 1.12 bits per heavy atom. The molecule has 0 fully saturated rings. The number of nitrogens with one attached hydrogen (secondary N) is 1. The number of para-hydroxylation sites is 6. The third-order valence-electron chi connectivity index (χ3n) is 12.5. The zero-order valence-electron chi connectivity index (χ0n) is 36.8. The summed E-state index contributed by atoms with van der Waals surface area (Å²) in [6, 6.07) is 61.9. The fourth-order valence-electron chi connectivity index (χ4n) is 9.18. The van der Waals surface area contributed by atoms with Crippen LogP contribution in [0.15, 0.2) is 229 Å². The number of imidazole rings is 3. The van der Waals surface area contributed by atoms with Gasteiger partial charge in [0.05, 0.1) is 33.1 Å². The number of hydrogen-bond acceptors (Lipinski definition) is 9. The van der Waals surface area contributed by atoms with E-state index in [1.54, 1.807) is 37.2 Å². The molecule has 1 unspecified atom stereocenters. The number of fused-ring (bicyclic) bond motifs is 3. The molecule has 69 heavy (non-hydrogen) atoms. The van der Waals surface area contributed by atoms with Crippen molar-refractivity contribution in [2.24, 2.45) is 9.98 Å². The molecule has 1 aliphatic rings. The average molecular weight is 891 g/mol. The quantitative estimate of drug-likeness (QED) is 0.153. The second-order valence-electron chi connectivity index (χ2n) is 16.6. The molecule has 7 heterocycles. The highest BCUT2D eigenvalue weighted by Crippen LogP contribution is 2.33. The second-order valence-corrected chi connectivity index (χ2v) is 16.6. The van der Waals surface area contributed by atoms with E-state index in [0.717, 1.165) is 101 Å². The van der Waals surface area contributed by atoms with Gasteiger partial charge < -0.3 is 5.32 Å². The van der Waals surface area contributed by atoms with Crippen LogP contribution in [0, 0.1) is 0 Å². The van der Waals surface area contributed by atoms with Gasteiger partial charge in [0.1, 0.15) is 29.5 Å². The summed E-state index contributed by atoms with van der Waals surface area (Å²) in [5.74, 6) is 3.84. The zero-order valence-corrected chi connectivity index (χ0v) is 36.8. The lowest BCUT2D eigenvalue weighted by Gasteiger charge is -2.24. The topological polar surface area (TPSA) is 129 Å². The van der Waals surface area contributed by atoms with Crippen molar-refractivity contribution in [1.29, 1.82) is 0 Å². The number of rotatable bonds is 9. The van der Waals surface area contributed by atoms with Crippen molar-refractivity contribution < 1.29 is 0 Å². The van der Waals surface area contributed by atoms with Gasteiger partial charge in [-0.25, -0.2) is 24.9 Å². The summed E-state index contributed by atoms with van der Waals surface area (Å²) in [5, 5.41) is 3.70. The van der Waals surface area contributed by atoms with Gasteiger partial charge in [-0.3, -0.25) is 28.7 Å². The molecule has 0 spiro atoms. The van der Waals surface area contributed by atoms with Crippen LogP contribution < -0.4 is 5.32 Å². The molecule has 0 bridgehead atoms. The molecule has 1 aliphatic heterocycles. The second kappa shape index (κ2) is 16.6. The number of aromatic nitrogens is 9. The van der Waals surface area contributed by atoms with E-state index in [0.29, 0.717) is 11.7 Å². The van der Waals surface area contributed by atoms with Gasteiger partial charge in [0, 0.05) is 82.1 Å². The molecule has 12 aromatic rings. The summed E-state index contributed by atoms with van der Waals surface area (Å²) in [4.78, 5) is 38.4. The summed E-state index contributed by atoms with van der Waals surface area (Å²) in [6.07, 6.45) is 10.3. The van der Waals surface area contributed by atoms with E-state index in [4.69, 9.17) is 24.9 Å². The Morgan fingerprint density at radius 2 is 0.710 bits per heavy atom. The average Bonchev–Trinajstić information content (AvgIpc) is 4.14. The van der Waals surface area contributed by atoms with E-state index < -0.39 is 6.17 Å². The largest absolute Gasteiger partial charge is 0.344 e. The molecule has 0 amide bonds. The Labute approximate surface area is 395 Å². The molecular formula is C57H38N12. The molecule has 6 aromatic carbocycles. The van der Waals surface area contributed by atoms with E-state index in [9.17, 15) is 0 Å². The van der Waals surface area contributed by atoms with E-state index >= 15 is 0 Å². The van der Waals surface area contributed by atoms with Crippen LogP contribution in [0.3, 0.4) is 0 Å². The van der Waals surface area contributed by atoms with Crippen LogP contribution in [0.5, 0.6) is 0 Å². The standard InChI is InChI=1S/C57H38N12/c1-4-10-49-46(7-1)61-55(40-25-31-58-32-26-40)67(49)43-19-13-37(14-20-43)52-64-53(38-15-21-44(22-16-38)68-50-11-5-2-8-47(50)62-56(68)41-27-33-59-34-28-41)66-54(65-52)39-17-23-45(24-18-39)69-51-12-6-3-9-48(51)63-57(69)42-29-35-60-36-30-42/h1-36,52H,(H,64,65,66). The first-order valence-corrected chi connectivity index (χ1v) is 22.6. The predicted octanol–water partition coefficient (Wildman–Crippen LogP) is 11.4. The molecule has 13 rings (SSSR count). The first kappa shape index (κ1) is 39.7. The van der Waals surface area contributed by atoms with E-state index in [-0.39, 0.29) is 0 Å². The van der Waals surface area contributed by atoms with E-state index in [2.05, 4.69) is 125 Å². The molecule has 6 aromatic heterocycles. The van der Waals surface area contributed by atoms with Crippen molar-refractivity contribution in [3.05, 3.63) is 236 Å². The molecule has 0 saturated heterocycles. The minimum atomic E-state index is -0.452.